The van der Waals surface area contributed by atoms with Gasteiger partial charge >= 0.3 is 0 Å². The fourth-order valence-electron chi connectivity index (χ4n) is 6.27. The van der Waals surface area contributed by atoms with Gasteiger partial charge in [-0.1, -0.05) is 206 Å². The van der Waals surface area contributed by atoms with Gasteiger partial charge in [0.1, 0.15) is 0 Å². The summed E-state index contributed by atoms with van der Waals surface area (Å²) in [4.78, 5) is 0. The van der Waals surface area contributed by atoms with Crippen LogP contribution in [0.5, 0.6) is 0 Å². The Morgan fingerprint density at radius 2 is 0.651 bits per heavy atom. The van der Waals surface area contributed by atoms with Gasteiger partial charge in [-0.3, -0.25) is 0 Å². The molecule has 0 heterocycles. The largest absolute Gasteiger partial charge is 0.379 e. The SMILES string of the molecule is CCCCCCCCCCCCCCCCCCOC[C@H](CCN)OCCCCCCCCCCCCCCCCCC. The maximum absolute atomic E-state index is 6.13. The van der Waals surface area contributed by atoms with Crippen LogP contribution in [-0.4, -0.2) is 32.5 Å². The average Bonchev–Trinajstić information content (AvgIpc) is 3.01. The summed E-state index contributed by atoms with van der Waals surface area (Å²) >= 11 is 0. The van der Waals surface area contributed by atoms with Gasteiger partial charge in [0, 0.05) is 13.2 Å². The van der Waals surface area contributed by atoms with E-state index >= 15 is 0 Å². The van der Waals surface area contributed by atoms with Crippen molar-refractivity contribution >= 4 is 0 Å². The Morgan fingerprint density at radius 1 is 0.372 bits per heavy atom. The lowest BCUT2D eigenvalue weighted by Crippen LogP contribution is -2.24. The molecule has 0 bridgehead atoms. The van der Waals surface area contributed by atoms with E-state index in [4.69, 9.17) is 15.2 Å². The van der Waals surface area contributed by atoms with Crippen molar-refractivity contribution in [1.29, 1.82) is 0 Å². The lowest BCUT2D eigenvalue weighted by molar-refractivity contribution is -0.0211. The highest BCUT2D eigenvalue weighted by atomic mass is 16.5. The van der Waals surface area contributed by atoms with Gasteiger partial charge in [-0.05, 0) is 25.8 Å². The lowest BCUT2D eigenvalue weighted by atomic mass is 10.0. The van der Waals surface area contributed by atoms with Crippen LogP contribution in [0.1, 0.15) is 226 Å². The molecular formula is C40H83NO2. The van der Waals surface area contributed by atoms with E-state index in [1.165, 1.54) is 205 Å². The number of hydrogen-bond acceptors (Lipinski definition) is 3. The minimum Gasteiger partial charge on any atom is -0.379 e. The van der Waals surface area contributed by atoms with Crippen LogP contribution in [0.4, 0.5) is 0 Å². The van der Waals surface area contributed by atoms with E-state index in [2.05, 4.69) is 13.8 Å². The van der Waals surface area contributed by atoms with E-state index in [1.807, 2.05) is 0 Å². The first kappa shape index (κ1) is 42.9. The van der Waals surface area contributed by atoms with E-state index in [0.29, 0.717) is 6.54 Å². The molecule has 0 aliphatic rings. The van der Waals surface area contributed by atoms with Crippen LogP contribution in [0, 0.1) is 0 Å². The molecule has 0 aliphatic carbocycles. The molecule has 43 heavy (non-hydrogen) atoms. The second-order valence-electron chi connectivity index (χ2n) is 13.8. The zero-order valence-corrected chi connectivity index (χ0v) is 30.1. The maximum Gasteiger partial charge on any atom is 0.0820 e. The third-order valence-electron chi connectivity index (χ3n) is 9.29. The predicted molar refractivity (Wildman–Crippen MR) is 193 cm³/mol. The fourth-order valence-corrected chi connectivity index (χ4v) is 6.27. The van der Waals surface area contributed by atoms with Gasteiger partial charge in [-0.2, -0.15) is 0 Å². The molecule has 3 heteroatoms. The van der Waals surface area contributed by atoms with Crippen LogP contribution < -0.4 is 5.73 Å². The van der Waals surface area contributed by atoms with E-state index in [-0.39, 0.29) is 6.10 Å². The molecule has 260 valence electrons. The van der Waals surface area contributed by atoms with E-state index in [9.17, 15) is 0 Å². The van der Waals surface area contributed by atoms with Crippen molar-refractivity contribution in [3.63, 3.8) is 0 Å². The summed E-state index contributed by atoms with van der Waals surface area (Å²) < 4.78 is 12.1. The first-order valence-corrected chi connectivity index (χ1v) is 20.2. The first-order chi connectivity index (χ1) is 21.3. The molecule has 2 N–H and O–H groups in total. The van der Waals surface area contributed by atoms with Crippen LogP contribution in [0.15, 0.2) is 0 Å². The number of unbranched alkanes of at least 4 members (excludes halogenated alkanes) is 30. The van der Waals surface area contributed by atoms with Crippen molar-refractivity contribution in [3.05, 3.63) is 0 Å². The molecule has 3 nitrogen and oxygen atoms in total. The molecule has 0 unspecified atom stereocenters. The Bertz CT molecular complexity index is 471. The Morgan fingerprint density at radius 3 is 0.953 bits per heavy atom. The van der Waals surface area contributed by atoms with Gasteiger partial charge in [-0.25, -0.2) is 0 Å². The van der Waals surface area contributed by atoms with Gasteiger partial charge in [0.25, 0.3) is 0 Å². The topological polar surface area (TPSA) is 44.5 Å². The van der Waals surface area contributed by atoms with Gasteiger partial charge < -0.3 is 15.2 Å². The molecule has 0 radical (unpaired) electrons. The summed E-state index contributed by atoms with van der Waals surface area (Å²) in [6.45, 7) is 7.75. The molecule has 0 rings (SSSR count). The van der Waals surface area contributed by atoms with Crippen LogP contribution in [0.2, 0.25) is 0 Å². The van der Waals surface area contributed by atoms with Crippen molar-refractivity contribution in [3.8, 4) is 0 Å². The molecule has 0 saturated carbocycles. The minimum absolute atomic E-state index is 0.183. The Kier molecular flexibility index (Phi) is 39.8. The molecule has 0 aromatic rings. The highest BCUT2D eigenvalue weighted by Crippen LogP contribution is 2.15. The van der Waals surface area contributed by atoms with Gasteiger partial charge in [-0.15, -0.1) is 0 Å². The minimum atomic E-state index is 0.183. The smallest absolute Gasteiger partial charge is 0.0820 e. The number of hydrogen-bond donors (Lipinski definition) is 1. The normalized spacial score (nSPS) is 12.3. The summed E-state index contributed by atoms with van der Waals surface area (Å²) in [5.74, 6) is 0. The van der Waals surface area contributed by atoms with Crippen LogP contribution in [0.3, 0.4) is 0 Å². The highest BCUT2D eigenvalue weighted by molar-refractivity contribution is 4.59. The van der Waals surface area contributed by atoms with Crippen LogP contribution >= 0.6 is 0 Å². The molecule has 0 fully saturated rings. The summed E-state index contributed by atoms with van der Waals surface area (Å²) in [6.07, 6.45) is 46.2. The maximum atomic E-state index is 6.13. The average molecular weight is 610 g/mol. The molecule has 1 atom stereocenters. The third-order valence-corrected chi connectivity index (χ3v) is 9.29. The van der Waals surface area contributed by atoms with E-state index in [1.54, 1.807) is 0 Å². The van der Waals surface area contributed by atoms with Crippen molar-refractivity contribution in [2.75, 3.05) is 26.4 Å². The molecule has 0 saturated heterocycles. The second kappa shape index (κ2) is 39.9. The summed E-state index contributed by atoms with van der Waals surface area (Å²) in [7, 11) is 0. The van der Waals surface area contributed by atoms with Crippen molar-refractivity contribution in [2.45, 2.75) is 232 Å². The van der Waals surface area contributed by atoms with Crippen LogP contribution in [0.25, 0.3) is 0 Å². The van der Waals surface area contributed by atoms with Crippen LogP contribution in [-0.2, 0) is 9.47 Å². The third kappa shape index (κ3) is 38.0. The lowest BCUT2D eigenvalue weighted by Gasteiger charge is -2.17. The summed E-state index contributed by atoms with van der Waals surface area (Å²) in [6, 6.07) is 0. The Balaban J connectivity index is 3.34. The predicted octanol–water partition coefficient (Wildman–Crippen LogP) is 13.3. The highest BCUT2D eigenvalue weighted by Gasteiger charge is 2.08. The van der Waals surface area contributed by atoms with Gasteiger partial charge in [0.15, 0.2) is 0 Å². The molecule has 0 aliphatic heterocycles. The number of ether oxygens (including phenoxy) is 2. The quantitative estimate of drug-likeness (QED) is 0.0705. The zero-order chi connectivity index (χ0) is 31.2. The first-order valence-electron chi connectivity index (χ1n) is 20.2. The molecule has 0 amide bonds. The Hall–Kier alpha value is -0.120. The molecular weight excluding hydrogens is 526 g/mol. The molecule has 0 aromatic carbocycles. The molecule has 0 spiro atoms. The number of nitrogens with two attached hydrogens (primary N) is 1. The summed E-state index contributed by atoms with van der Waals surface area (Å²) in [5, 5.41) is 0. The molecule has 0 aromatic heterocycles. The van der Waals surface area contributed by atoms with Gasteiger partial charge in [0.2, 0.25) is 0 Å². The van der Waals surface area contributed by atoms with E-state index in [0.717, 1.165) is 26.2 Å². The van der Waals surface area contributed by atoms with Crippen molar-refractivity contribution in [2.24, 2.45) is 5.73 Å². The van der Waals surface area contributed by atoms with Crippen molar-refractivity contribution < 1.29 is 9.47 Å². The summed E-state index contributed by atoms with van der Waals surface area (Å²) in [5.41, 5.74) is 5.83. The van der Waals surface area contributed by atoms with Crippen molar-refractivity contribution in [1.82, 2.24) is 0 Å². The second-order valence-corrected chi connectivity index (χ2v) is 13.8. The van der Waals surface area contributed by atoms with Gasteiger partial charge in [0.05, 0.1) is 12.7 Å². The zero-order valence-electron chi connectivity index (χ0n) is 30.1. The van der Waals surface area contributed by atoms with E-state index < -0.39 is 0 Å². The fraction of sp³-hybridized carbons (Fsp3) is 1.00. The Labute approximate surface area is 273 Å². The monoisotopic (exact) mass is 610 g/mol. The standard InChI is InChI=1S/C40H83NO2/c1-3-5-7-9-11-13-15-17-19-21-23-25-27-29-31-33-37-42-39-40(35-36-41)43-38-34-32-30-28-26-24-22-20-18-16-14-12-10-8-6-4-2/h40H,3-39,41H2,1-2H3/t40-/m0/s1. The number of rotatable bonds is 39.